The Bertz CT molecular complexity index is 1890. The second-order valence-electron chi connectivity index (χ2n) is 29.3. The molecular formula is C80H156O17P2. The van der Waals surface area contributed by atoms with E-state index in [0.29, 0.717) is 25.7 Å². The van der Waals surface area contributed by atoms with Crippen molar-refractivity contribution >= 4 is 39.5 Å². The molecule has 17 nitrogen and oxygen atoms in total. The minimum atomic E-state index is -4.96. The van der Waals surface area contributed by atoms with E-state index in [-0.39, 0.29) is 25.7 Å². The summed E-state index contributed by atoms with van der Waals surface area (Å²) in [6, 6.07) is 0. The fraction of sp³-hybridized carbons (Fsp3) is 0.950. The van der Waals surface area contributed by atoms with Gasteiger partial charge in [-0.15, -0.1) is 0 Å². The van der Waals surface area contributed by atoms with Crippen molar-refractivity contribution in [3.8, 4) is 0 Å². The van der Waals surface area contributed by atoms with Crippen LogP contribution in [0.3, 0.4) is 0 Å². The molecule has 0 aliphatic carbocycles. The molecule has 0 saturated carbocycles. The standard InChI is InChI=1S/C80H156O17P2/c1-6-9-12-15-18-21-24-27-28-29-30-31-34-41-46-51-56-61-66-80(85)97-76(70-91-78(83)64-59-54-49-44-39-36-35-37-42-47-52-57-62-73(4)5)72-95-99(88,89)93-68-74(81)67-92-98(86,87)94-71-75(96-79(84)65-60-55-50-45-40-33-26-23-20-17-14-11-8-3)69-90-77(82)63-58-53-48-43-38-32-25-22-19-16-13-10-7-2/h73-76,81H,6-72H2,1-5H3,(H,86,87)(H,88,89)/t74-,75+,76+/m0/s1. The van der Waals surface area contributed by atoms with Crippen LogP contribution in [0.5, 0.6) is 0 Å². The molecule has 0 rings (SSSR count). The Morgan fingerprint density at radius 3 is 0.687 bits per heavy atom. The van der Waals surface area contributed by atoms with Gasteiger partial charge in [0, 0.05) is 25.7 Å². The van der Waals surface area contributed by atoms with Gasteiger partial charge in [-0.1, -0.05) is 375 Å². The van der Waals surface area contributed by atoms with Gasteiger partial charge in [0.2, 0.25) is 0 Å². The summed E-state index contributed by atoms with van der Waals surface area (Å²) in [7, 11) is -9.92. The van der Waals surface area contributed by atoms with E-state index in [9.17, 15) is 43.2 Å². The van der Waals surface area contributed by atoms with E-state index in [2.05, 4.69) is 34.6 Å². The predicted molar refractivity (Wildman–Crippen MR) is 405 cm³/mol. The van der Waals surface area contributed by atoms with Crippen LogP contribution in [0.1, 0.15) is 426 Å². The van der Waals surface area contributed by atoms with Gasteiger partial charge >= 0.3 is 39.5 Å². The Labute approximate surface area is 607 Å². The predicted octanol–water partition coefficient (Wildman–Crippen LogP) is 24.0. The van der Waals surface area contributed by atoms with Crippen molar-refractivity contribution in [2.24, 2.45) is 5.92 Å². The summed E-state index contributed by atoms with van der Waals surface area (Å²) in [5, 5.41) is 10.6. The summed E-state index contributed by atoms with van der Waals surface area (Å²) < 4.78 is 68.7. The zero-order chi connectivity index (χ0) is 72.7. The van der Waals surface area contributed by atoms with Crippen LogP contribution in [-0.4, -0.2) is 96.7 Å². The molecule has 0 aliphatic rings. The minimum Gasteiger partial charge on any atom is -0.462 e. The Morgan fingerprint density at radius 2 is 0.465 bits per heavy atom. The summed E-state index contributed by atoms with van der Waals surface area (Å²) in [5.41, 5.74) is 0. The molecule has 0 aromatic carbocycles. The first-order valence-electron chi connectivity index (χ1n) is 41.6. The molecule has 3 N–H and O–H groups in total. The highest BCUT2D eigenvalue weighted by Gasteiger charge is 2.30. The SMILES string of the molecule is CCCCCCCCCCCCCCCCCCCCC(=O)O[C@H](COC(=O)CCCCCCCCCCCCCCC(C)C)COP(=O)(O)OC[C@@H](O)COP(=O)(O)OC[C@@H](COC(=O)CCCCCCCCCCCCCCC)OC(=O)CCCCCCCCCCCCCCC. The molecule has 0 spiro atoms. The molecule has 0 aromatic heterocycles. The molecule has 0 bridgehead atoms. The Balaban J connectivity index is 5.26. The number of rotatable bonds is 80. The van der Waals surface area contributed by atoms with Crippen LogP contribution in [0, 0.1) is 5.92 Å². The van der Waals surface area contributed by atoms with Crippen LogP contribution >= 0.6 is 15.6 Å². The fourth-order valence-corrected chi connectivity index (χ4v) is 14.0. The number of aliphatic hydroxyl groups is 1. The number of phosphoric acid groups is 2. The molecule has 5 atom stereocenters. The van der Waals surface area contributed by atoms with Crippen molar-refractivity contribution < 1.29 is 80.2 Å². The van der Waals surface area contributed by atoms with Crippen molar-refractivity contribution in [2.45, 2.75) is 445 Å². The summed E-state index contributed by atoms with van der Waals surface area (Å²) in [6.45, 7) is 7.35. The van der Waals surface area contributed by atoms with E-state index < -0.39 is 97.5 Å². The number of phosphoric ester groups is 2. The molecule has 2 unspecified atom stereocenters. The number of esters is 4. The van der Waals surface area contributed by atoms with Gasteiger partial charge in [0.05, 0.1) is 26.4 Å². The highest BCUT2D eigenvalue weighted by atomic mass is 31.2. The van der Waals surface area contributed by atoms with Crippen LogP contribution < -0.4 is 0 Å². The number of hydrogen-bond acceptors (Lipinski definition) is 15. The molecule has 0 heterocycles. The molecule has 0 radical (unpaired) electrons. The van der Waals surface area contributed by atoms with E-state index >= 15 is 0 Å². The lowest BCUT2D eigenvalue weighted by atomic mass is 10.0. The van der Waals surface area contributed by atoms with E-state index in [4.69, 9.17) is 37.0 Å². The van der Waals surface area contributed by atoms with Crippen molar-refractivity contribution in [1.82, 2.24) is 0 Å². The quantitative estimate of drug-likeness (QED) is 0.0222. The van der Waals surface area contributed by atoms with Gasteiger partial charge in [-0.2, -0.15) is 0 Å². The van der Waals surface area contributed by atoms with E-state index in [1.807, 2.05) is 0 Å². The number of unbranched alkanes of at least 4 members (excludes halogenated alkanes) is 52. The lowest BCUT2D eigenvalue weighted by Crippen LogP contribution is -2.30. The average molecular weight is 1450 g/mol. The Morgan fingerprint density at radius 1 is 0.273 bits per heavy atom. The third-order valence-electron chi connectivity index (χ3n) is 18.8. The van der Waals surface area contributed by atoms with Crippen molar-refractivity contribution in [1.29, 1.82) is 0 Å². The number of carbonyl (C=O) groups excluding carboxylic acids is 4. The van der Waals surface area contributed by atoms with Crippen molar-refractivity contribution in [3.63, 3.8) is 0 Å². The van der Waals surface area contributed by atoms with E-state index in [1.165, 1.54) is 250 Å². The normalized spacial score (nSPS) is 13.9. The third-order valence-corrected chi connectivity index (χ3v) is 20.7. The molecule has 0 aliphatic heterocycles. The summed E-state index contributed by atoms with van der Waals surface area (Å²) in [5.74, 6) is -1.32. The molecule has 0 aromatic rings. The van der Waals surface area contributed by atoms with Gasteiger partial charge in [0.15, 0.2) is 12.2 Å². The smallest absolute Gasteiger partial charge is 0.462 e. The molecule has 0 fully saturated rings. The molecule has 0 amide bonds. The first kappa shape index (κ1) is 97.1. The van der Waals surface area contributed by atoms with Crippen LogP contribution in [0.15, 0.2) is 0 Å². The molecular weight excluding hydrogens is 1290 g/mol. The van der Waals surface area contributed by atoms with E-state index in [0.717, 1.165) is 95.8 Å². The lowest BCUT2D eigenvalue weighted by Gasteiger charge is -2.21. The zero-order valence-electron chi connectivity index (χ0n) is 64.6. The van der Waals surface area contributed by atoms with Gasteiger partial charge in [-0.05, 0) is 31.6 Å². The maximum atomic E-state index is 13.1. The average Bonchev–Trinajstić information content (AvgIpc) is 1.02. The maximum absolute atomic E-state index is 13.1. The van der Waals surface area contributed by atoms with Crippen LogP contribution in [-0.2, 0) is 65.4 Å². The highest BCUT2D eigenvalue weighted by Crippen LogP contribution is 2.45. The first-order chi connectivity index (χ1) is 48.0. The summed E-state index contributed by atoms with van der Waals surface area (Å²) in [4.78, 5) is 73.0. The van der Waals surface area contributed by atoms with Crippen molar-refractivity contribution in [2.75, 3.05) is 39.6 Å². The minimum absolute atomic E-state index is 0.108. The van der Waals surface area contributed by atoms with Gasteiger partial charge in [0.25, 0.3) is 0 Å². The number of ether oxygens (including phenoxy) is 4. The summed E-state index contributed by atoms with van der Waals surface area (Å²) in [6.07, 6.45) is 63.6. The van der Waals surface area contributed by atoms with Crippen LogP contribution in [0.4, 0.5) is 0 Å². The maximum Gasteiger partial charge on any atom is 0.472 e. The van der Waals surface area contributed by atoms with Gasteiger partial charge in [0.1, 0.15) is 19.3 Å². The van der Waals surface area contributed by atoms with Crippen LogP contribution in [0.25, 0.3) is 0 Å². The second-order valence-corrected chi connectivity index (χ2v) is 32.2. The highest BCUT2D eigenvalue weighted by molar-refractivity contribution is 7.47. The van der Waals surface area contributed by atoms with Gasteiger partial charge in [-0.3, -0.25) is 37.3 Å². The molecule has 0 saturated heterocycles. The fourth-order valence-electron chi connectivity index (χ4n) is 12.4. The second kappa shape index (κ2) is 73.0. The molecule has 99 heavy (non-hydrogen) atoms. The monoisotopic (exact) mass is 1450 g/mol. The third kappa shape index (κ3) is 74.1. The van der Waals surface area contributed by atoms with Gasteiger partial charge < -0.3 is 33.8 Å². The molecule has 19 heteroatoms. The number of hydrogen-bond donors (Lipinski definition) is 3. The Hall–Kier alpha value is -1.94. The first-order valence-corrected chi connectivity index (χ1v) is 44.6. The zero-order valence-corrected chi connectivity index (χ0v) is 66.4. The summed E-state index contributed by atoms with van der Waals surface area (Å²) >= 11 is 0. The topological polar surface area (TPSA) is 237 Å². The van der Waals surface area contributed by atoms with Crippen molar-refractivity contribution in [3.05, 3.63) is 0 Å². The van der Waals surface area contributed by atoms with E-state index in [1.54, 1.807) is 0 Å². The number of aliphatic hydroxyl groups excluding tert-OH is 1. The largest absolute Gasteiger partial charge is 0.472 e. The van der Waals surface area contributed by atoms with Gasteiger partial charge in [-0.25, -0.2) is 9.13 Å². The van der Waals surface area contributed by atoms with Crippen LogP contribution in [0.2, 0.25) is 0 Å². The Kier molecular flexibility index (Phi) is 71.6. The lowest BCUT2D eigenvalue weighted by molar-refractivity contribution is -0.161. The number of carbonyl (C=O) groups is 4. The molecule has 588 valence electrons.